The summed E-state index contributed by atoms with van der Waals surface area (Å²) in [4.78, 5) is 0. The van der Waals surface area contributed by atoms with Gasteiger partial charge in [0.25, 0.3) is 0 Å². The van der Waals surface area contributed by atoms with Crippen LogP contribution in [-0.2, 0) is 6.42 Å². The van der Waals surface area contributed by atoms with E-state index in [9.17, 15) is 5.11 Å². The predicted molar refractivity (Wildman–Crippen MR) is 53.2 cm³/mol. The van der Waals surface area contributed by atoms with Crippen LogP contribution in [-0.4, -0.2) is 10.9 Å². The molecule has 0 amide bonds. The first-order chi connectivity index (χ1) is 6.02. The van der Waals surface area contributed by atoms with Gasteiger partial charge in [-0.15, -0.1) is 0 Å². The van der Waals surface area contributed by atoms with E-state index in [2.05, 4.69) is 0 Å². The van der Waals surface area contributed by atoms with Crippen molar-refractivity contribution in [3.8, 4) is 5.75 Å². The Morgan fingerprint density at radius 3 is 2.62 bits per heavy atom. The zero-order valence-electron chi connectivity index (χ0n) is 7.89. The van der Waals surface area contributed by atoms with Crippen LogP contribution in [0.1, 0.15) is 16.7 Å². The van der Waals surface area contributed by atoms with Crippen molar-refractivity contribution < 1.29 is 5.11 Å². The first kappa shape index (κ1) is 9.58. The third-order valence-electron chi connectivity index (χ3n) is 2.17. The number of benzene rings is 1. The van der Waals surface area contributed by atoms with Crippen molar-refractivity contribution in [2.24, 2.45) is 5.73 Å². The van der Waals surface area contributed by atoms with Gasteiger partial charge in [-0.05, 0) is 25.0 Å². The van der Waals surface area contributed by atoms with Gasteiger partial charge < -0.3 is 10.8 Å². The van der Waals surface area contributed by atoms with Crippen LogP contribution < -0.4 is 5.73 Å². The minimum absolute atomic E-state index is 0.0681. The highest BCUT2D eigenvalue weighted by Gasteiger charge is 2.06. The van der Waals surface area contributed by atoms with Crippen molar-refractivity contribution in [2.45, 2.75) is 20.3 Å². The fraction of sp³-hybridized carbons (Fsp3) is 0.300. The molecule has 0 aliphatic heterocycles. The minimum Gasteiger partial charge on any atom is -0.507 e. The lowest BCUT2D eigenvalue weighted by atomic mass is 10.0. The summed E-state index contributed by atoms with van der Waals surface area (Å²) in [6.45, 7) is 3.79. The average Bonchev–Trinajstić information content (AvgIpc) is 2.06. The molecule has 0 spiro atoms. The van der Waals surface area contributed by atoms with Gasteiger partial charge in [-0.2, -0.15) is 0 Å². The molecule has 0 aliphatic carbocycles. The van der Waals surface area contributed by atoms with Crippen molar-refractivity contribution in [1.29, 1.82) is 5.41 Å². The molecule has 0 saturated carbocycles. The van der Waals surface area contributed by atoms with Gasteiger partial charge in [0, 0.05) is 12.0 Å². The molecule has 0 radical (unpaired) electrons. The molecule has 4 N–H and O–H groups in total. The molecule has 0 unspecified atom stereocenters. The van der Waals surface area contributed by atoms with Gasteiger partial charge in [0.15, 0.2) is 0 Å². The van der Waals surface area contributed by atoms with E-state index < -0.39 is 0 Å². The maximum absolute atomic E-state index is 9.68. The quantitative estimate of drug-likeness (QED) is 0.474. The van der Waals surface area contributed by atoms with E-state index in [1.54, 1.807) is 6.07 Å². The molecule has 1 aromatic rings. The zero-order chi connectivity index (χ0) is 10.0. The first-order valence-corrected chi connectivity index (χ1v) is 4.13. The fourth-order valence-corrected chi connectivity index (χ4v) is 1.20. The Labute approximate surface area is 77.7 Å². The molecule has 0 saturated heterocycles. The molecule has 0 atom stereocenters. The summed E-state index contributed by atoms with van der Waals surface area (Å²) in [7, 11) is 0. The summed E-state index contributed by atoms with van der Waals surface area (Å²) in [5, 5.41) is 16.8. The molecule has 70 valence electrons. The van der Waals surface area contributed by atoms with E-state index in [0.717, 1.165) is 16.7 Å². The maximum Gasteiger partial charge on any atom is 0.122 e. The number of aromatic hydroxyl groups is 1. The van der Waals surface area contributed by atoms with Crippen LogP contribution in [0, 0.1) is 19.3 Å². The van der Waals surface area contributed by atoms with Crippen LogP contribution in [0.4, 0.5) is 0 Å². The molecule has 1 aromatic carbocycles. The molecular formula is C10H14N2O. The van der Waals surface area contributed by atoms with Gasteiger partial charge in [-0.1, -0.05) is 12.1 Å². The number of rotatable bonds is 2. The average molecular weight is 178 g/mol. The largest absolute Gasteiger partial charge is 0.507 e. The summed E-state index contributed by atoms with van der Waals surface area (Å²) in [5.74, 6) is 0.328. The summed E-state index contributed by atoms with van der Waals surface area (Å²) in [6.07, 6.45) is 0.312. The second-order valence-corrected chi connectivity index (χ2v) is 3.22. The lowest BCUT2D eigenvalue weighted by molar-refractivity contribution is 0.465. The fourth-order valence-electron chi connectivity index (χ4n) is 1.20. The highest BCUT2D eigenvalue weighted by Crippen LogP contribution is 2.24. The van der Waals surface area contributed by atoms with Crippen LogP contribution in [0.5, 0.6) is 5.75 Å². The van der Waals surface area contributed by atoms with Gasteiger partial charge >= 0.3 is 0 Å². The number of nitrogens with one attached hydrogen (secondary N) is 1. The zero-order valence-corrected chi connectivity index (χ0v) is 7.89. The second-order valence-electron chi connectivity index (χ2n) is 3.22. The topological polar surface area (TPSA) is 70.1 Å². The summed E-state index contributed by atoms with van der Waals surface area (Å²) < 4.78 is 0. The Morgan fingerprint density at radius 1 is 1.46 bits per heavy atom. The van der Waals surface area contributed by atoms with Crippen LogP contribution in [0.2, 0.25) is 0 Å². The predicted octanol–water partition coefficient (Wildman–Crippen LogP) is 1.49. The molecule has 0 fully saturated rings. The SMILES string of the molecule is Cc1ccc(CC(=N)N)c(O)c1C. The number of amidine groups is 1. The van der Waals surface area contributed by atoms with E-state index in [4.69, 9.17) is 11.1 Å². The third-order valence-corrected chi connectivity index (χ3v) is 2.17. The Hall–Kier alpha value is -1.51. The number of phenols is 1. The Bertz CT molecular complexity index is 345. The molecule has 13 heavy (non-hydrogen) atoms. The monoisotopic (exact) mass is 178 g/mol. The van der Waals surface area contributed by atoms with Gasteiger partial charge in [0.05, 0.1) is 5.84 Å². The van der Waals surface area contributed by atoms with E-state index in [0.29, 0.717) is 6.42 Å². The van der Waals surface area contributed by atoms with Gasteiger partial charge in [-0.3, -0.25) is 5.41 Å². The van der Waals surface area contributed by atoms with E-state index in [-0.39, 0.29) is 11.6 Å². The standard InChI is InChI=1S/C10H14N2O/c1-6-3-4-8(5-9(11)12)10(13)7(6)2/h3-4,13H,5H2,1-2H3,(H3,11,12). The van der Waals surface area contributed by atoms with Crippen molar-refractivity contribution in [2.75, 3.05) is 0 Å². The number of phenolic OH excluding ortho intramolecular Hbond substituents is 1. The molecule has 1 rings (SSSR count). The smallest absolute Gasteiger partial charge is 0.122 e. The normalized spacial score (nSPS) is 10.0. The van der Waals surface area contributed by atoms with Crippen LogP contribution >= 0.6 is 0 Å². The molecule has 3 heteroatoms. The van der Waals surface area contributed by atoms with E-state index in [1.165, 1.54) is 0 Å². The molecule has 0 heterocycles. The van der Waals surface area contributed by atoms with E-state index >= 15 is 0 Å². The van der Waals surface area contributed by atoms with Gasteiger partial charge in [0.2, 0.25) is 0 Å². The lowest BCUT2D eigenvalue weighted by Gasteiger charge is -2.08. The van der Waals surface area contributed by atoms with Gasteiger partial charge in [0.1, 0.15) is 5.75 Å². The van der Waals surface area contributed by atoms with Crippen molar-refractivity contribution in [3.63, 3.8) is 0 Å². The van der Waals surface area contributed by atoms with Crippen LogP contribution in [0.25, 0.3) is 0 Å². The molecule has 0 aliphatic rings. The summed E-state index contributed by atoms with van der Waals surface area (Å²) in [5.41, 5.74) is 7.88. The van der Waals surface area contributed by atoms with Crippen LogP contribution in [0.15, 0.2) is 12.1 Å². The number of aryl methyl sites for hydroxylation is 1. The number of nitrogens with two attached hydrogens (primary N) is 1. The van der Waals surface area contributed by atoms with Crippen molar-refractivity contribution in [1.82, 2.24) is 0 Å². The minimum atomic E-state index is 0.0681. The van der Waals surface area contributed by atoms with Crippen molar-refractivity contribution >= 4 is 5.84 Å². The lowest BCUT2D eigenvalue weighted by Crippen LogP contribution is -2.13. The highest BCUT2D eigenvalue weighted by molar-refractivity contribution is 5.80. The molecular weight excluding hydrogens is 164 g/mol. The summed E-state index contributed by atoms with van der Waals surface area (Å²) in [6, 6.07) is 3.73. The third kappa shape index (κ3) is 1.99. The molecule has 3 nitrogen and oxygen atoms in total. The second kappa shape index (κ2) is 3.47. The molecule has 0 aromatic heterocycles. The van der Waals surface area contributed by atoms with Crippen LogP contribution in [0.3, 0.4) is 0 Å². The number of hydrogen-bond donors (Lipinski definition) is 3. The Balaban J connectivity index is 3.10. The Kier molecular flexibility index (Phi) is 2.56. The van der Waals surface area contributed by atoms with Gasteiger partial charge in [-0.25, -0.2) is 0 Å². The first-order valence-electron chi connectivity index (χ1n) is 4.13. The van der Waals surface area contributed by atoms with Crippen molar-refractivity contribution in [3.05, 3.63) is 28.8 Å². The maximum atomic E-state index is 9.68. The van der Waals surface area contributed by atoms with E-state index in [1.807, 2.05) is 19.9 Å². The molecule has 0 bridgehead atoms. The highest BCUT2D eigenvalue weighted by atomic mass is 16.3. The number of hydrogen-bond acceptors (Lipinski definition) is 2. The summed E-state index contributed by atoms with van der Waals surface area (Å²) >= 11 is 0. The Morgan fingerprint density at radius 2 is 2.08 bits per heavy atom.